The Kier molecular flexibility index (Phi) is 4.61. The van der Waals surface area contributed by atoms with Crippen LogP contribution in [0.1, 0.15) is 23.7 Å². The van der Waals surface area contributed by atoms with Crippen molar-refractivity contribution >= 4 is 17.5 Å². The number of amides is 2. The Hall–Kier alpha value is -2.04. The summed E-state index contributed by atoms with van der Waals surface area (Å²) in [5.74, 6) is -0.0887. The summed E-state index contributed by atoms with van der Waals surface area (Å²) in [5, 5.41) is 3.26. The minimum atomic E-state index is -0.0781. The molecule has 0 spiro atoms. The number of benzene rings is 1. The van der Waals surface area contributed by atoms with Crippen molar-refractivity contribution in [1.82, 2.24) is 9.80 Å². The lowest BCUT2D eigenvalue weighted by Crippen LogP contribution is -2.50. The van der Waals surface area contributed by atoms with E-state index in [0.29, 0.717) is 18.7 Å². The van der Waals surface area contributed by atoms with E-state index in [4.69, 9.17) is 0 Å². The molecule has 20 heavy (non-hydrogen) atoms. The van der Waals surface area contributed by atoms with Crippen LogP contribution >= 0.6 is 0 Å². The summed E-state index contributed by atoms with van der Waals surface area (Å²) in [6.07, 6.45) is 0.996. The molecule has 5 nitrogen and oxygen atoms in total. The van der Waals surface area contributed by atoms with Gasteiger partial charge in [-0.3, -0.25) is 9.59 Å². The predicted octanol–water partition coefficient (Wildman–Crippen LogP) is 1.42. The van der Waals surface area contributed by atoms with Crippen LogP contribution in [0.15, 0.2) is 24.3 Å². The van der Waals surface area contributed by atoms with Crippen LogP contribution in [-0.2, 0) is 4.79 Å². The van der Waals surface area contributed by atoms with Gasteiger partial charge < -0.3 is 15.1 Å². The third kappa shape index (κ3) is 3.10. The van der Waals surface area contributed by atoms with Crippen LogP contribution in [0.3, 0.4) is 0 Å². The first-order valence-corrected chi connectivity index (χ1v) is 6.99. The van der Waals surface area contributed by atoms with Crippen molar-refractivity contribution in [1.29, 1.82) is 0 Å². The number of anilines is 1. The molecule has 1 heterocycles. The maximum absolute atomic E-state index is 12.6. The number of para-hydroxylation sites is 1. The molecule has 0 bridgehead atoms. The highest BCUT2D eigenvalue weighted by molar-refractivity contribution is 6.01. The molecule has 1 aromatic rings. The number of nitrogens with one attached hydrogen (secondary N) is 1. The van der Waals surface area contributed by atoms with Crippen molar-refractivity contribution in [2.24, 2.45) is 0 Å². The molecule has 1 aromatic carbocycles. The van der Waals surface area contributed by atoms with E-state index >= 15 is 0 Å². The van der Waals surface area contributed by atoms with Crippen molar-refractivity contribution < 1.29 is 9.59 Å². The first-order chi connectivity index (χ1) is 9.63. The zero-order valence-corrected chi connectivity index (χ0v) is 12.1. The van der Waals surface area contributed by atoms with Crippen LogP contribution in [0.2, 0.25) is 0 Å². The van der Waals surface area contributed by atoms with Crippen molar-refractivity contribution in [2.75, 3.05) is 38.5 Å². The summed E-state index contributed by atoms with van der Waals surface area (Å²) in [4.78, 5) is 27.5. The summed E-state index contributed by atoms with van der Waals surface area (Å²) in [5.41, 5.74) is 1.48. The van der Waals surface area contributed by atoms with Crippen LogP contribution in [0.5, 0.6) is 0 Å². The summed E-state index contributed by atoms with van der Waals surface area (Å²) < 4.78 is 0. The van der Waals surface area contributed by atoms with Crippen molar-refractivity contribution in [3.63, 3.8) is 0 Å². The maximum Gasteiger partial charge on any atom is 0.256 e. The molecular weight excluding hydrogens is 254 g/mol. The highest BCUT2D eigenvalue weighted by atomic mass is 16.2. The average molecular weight is 275 g/mol. The van der Waals surface area contributed by atoms with E-state index in [-0.39, 0.29) is 18.4 Å². The van der Waals surface area contributed by atoms with Crippen molar-refractivity contribution in [3.8, 4) is 0 Å². The fourth-order valence-corrected chi connectivity index (χ4v) is 2.19. The van der Waals surface area contributed by atoms with Gasteiger partial charge in [-0.1, -0.05) is 19.1 Å². The second-order valence-electron chi connectivity index (χ2n) is 5.01. The van der Waals surface area contributed by atoms with Crippen molar-refractivity contribution in [3.05, 3.63) is 29.8 Å². The Labute approximate surface area is 119 Å². The van der Waals surface area contributed by atoms with Gasteiger partial charge in [0, 0.05) is 32.4 Å². The quantitative estimate of drug-likeness (QED) is 0.904. The standard InChI is InChI=1S/C15H21N3O2/c1-3-8-16-13-7-5-4-6-12(13)15(20)18-10-9-17(2)14(19)11-18/h4-7,16H,3,8-11H2,1-2H3. The topological polar surface area (TPSA) is 52.7 Å². The van der Waals surface area contributed by atoms with Gasteiger partial charge in [0.1, 0.15) is 6.54 Å². The molecule has 0 aromatic heterocycles. The van der Waals surface area contributed by atoms with E-state index < -0.39 is 0 Å². The Morgan fingerprint density at radius 1 is 1.30 bits per heavy atom. The average Bonchev–Trinajstić information content (AvgIpc) is 2.47. The molecule has 2 rings (SSSR count). The van der Waals surface area contributed by atoms with Gasteiger partial charge in [0.05, 0.1) is 5.56 Å². The van der Waals surface area contributed by atoms with E-state index in [1.807, 2.05) is 24.3 Å². The lowest BCUT2D eigenvalue weighted by Gasteiger charge is -2.32. The Bertz CT molecular complexity index is 502. The summed E-state index contributed by atoms with van der Waals surface area (Å²) in [6.45, 7) is 4.25. The largest absolute Gasteiger partial charge is 0.384 e. The van der Waals surface area contributed by atoms with Gasteiger partial charge in [-0.05, 0) is 18.6 Å². The number of hydrogen-bond donors (Lipinski definition) is 1. The van der Waals surface area contributed by atoms with Crippen LogP contribution in [0.25, 0.3) is 0 Å². The Balaban J connectivity index is 2.14. The zero-order chi connectivity index (χ0) is 14.5. The van der Waals surface area contributed by atoms with Gasteiger partial charge in [-0.25, -0.2) is 0 Å². The van der Waals surface area contributed by atoms with Crippen LogP contribution in [0, 0.1) is 0 Å². The Morgan fingerprint density at radius 3 is 2.75 bits per heavy atom. The lowest BCUT2D eigenvalue weighted by atomic mass is 10.1. The maximum atomic E-state index is 12.6. The minimum absolute atomic E-state index is 0.0106. The van der Waals surface area contributed by atoms with E-state index in [0.717, 1.165) is 18.7 Å². The molecule has 0 atom stereocenters. The molecular formula is C15H21N3O2. The first-order valence-electron chi connectivity index (χ1n) is 6.99. The van der Waals surface area contributed by atoms with Gasteiger partial charge >= 0.3 is 0 Å². The first kappa shape index (κ1) is 14.4. The summed E-state index contributed by atoms with van der Waals surface area (Å²) >= 11 is 0. The molecule has 108 valence electrons. The number of carbonyl (C=O) groups excluding carboxylic acids is 2. The van der Waals surface area contributed by atoms with Crippen molar-refractivity contribution in [2.45, 2.75) is 13.3 Å². The Morgan fingerprint density at radius 2 is 2.05 bits per heavy atom. The molecule has 0 aliphatic carbocycles. The van der Waals surface area contributed by atoms with Gasteiger partial charge in [0.25, 0.3) is 5.91 Å². The molecule has 5 heteroatoms. The molecule has 1 N–H and O–H groups in total. The second-order valence-corrected chi connectivity index (χ2v) is 5.01. The van der Waals surface area contributed by atoms with Gasteiger partial charge in [-0.2, -0.15) is 0 Å². The molecule has 1 fully saturated rings. The van der Waals surface area contributed by atoms with E-state index in [2.05, 4.69) is 12.2 Å². The van der Waals surface area contributed by atoms with E-state index in [1.165, 1.54) is 0 Å². The SMILES string of the molecule is CCCNc1ccccc1C(=O)N1CCN(C)C(=O)C1. The number of carbonyl (C=O) groups is 2. The summed E-state index contributed by atoms with van der Waals surface area (Å²) in [7, 11) is 1.76. The number of piperazine rings is 1. The predicted molar refractivity (Wildman–Crippen MR) is 78.8 cm³/mol. The minimum Gasteiger partial charge on any atom is -0.384 e. The molecule has 1 aliphatic heterocycles. The van der Waals surface area contributed by atoms with E-state index in [9.17, 15) is 9.59 Å². The lowest BCUT2D eigenvalue weighted by molar-refractivity contribution is -0.133. The van der Waals surface area contributed by atoms with Gasteiger partial charge in [-0.15, -0.1) is 0 Å². The molecule has 1 saturated heterocycles. The normalized spacial score (nSPS) is 15.4. The second kappa shape index (κ2) is 6.41. The number of nitrogens with zero attached hydrogens (tertiary/aromatic N) is 2. The summed E-state index contributed by atoms with van der Waals surface area (Å²) in [6, 6.07) is 7.47. The van der Waals surface area contributed by atoms with Crippen LogP contribution in [-0.4, -0.2) is 54.8 Å². The highest BCUT2D eigenvalue weighted by Crippen LogP contribution is 2.18. The number of likely N-dealkylation sites (N-methyl/N-ethyl adjacent to an activating group) is 1. The molecule has 2 amide bonds. The van der Waals surface area contributed by atoms with E-state index in [1.54, 1.807) is 16.8 Å². The monoisotopic (exact) mass is 275 g/mol. The van der Waals surface area contributed by atoms with Gasteiger partial charge in [0.2, 0.25) is 5.91 Å². The third-order valence-corrected chi connectivity index (χ3v) is 3.47. The smallest absolute Gasteiger partial charge is 0.256 e. The van der Waals surface area contributed by atoms with Crippen LogP contribution in [0.4, 0.5) is 5.69 Å². The molecule has 0 saturated carbocycles. The molecule has 0 unspecified atom stereocenters. The third-order valence-electron chi connectivity index (χ3n) is 3.47. The fourth-order valence-electron chi connectivity index (χ4n) is 2.19. The number of rotatable bonds is 4. The molecule has 0 radical (unpaired) electrons. The zero-order valence-electron chi connectivity index (χ0n) is 12.1. The fraction of sp³-hybridized carbons (Fsp3) is 0.467. The number of hydrogen-bond acceptors (Lipinski definition) is 3. The van der Waals surface area contributed by atoms with Gasteiger partial charge in [0.15, 0.2) is 0 Å². The van der Waals surface area contributed by atoms with Crippen LogP contribution < -0.4 is 5.32 Å². The highest BCUT2D eigenvalue weighted by Gasteiger charge is 2.26. The molecule has 1 aliphatic rings.